The summed E-state index contributed by atoms with van der Waals surface area (Å²) in [6.45, 7) is 2.10. The van der Waals surface area contributed by atoms with Crippen LogP contribution in [0.15, 0.2) is 71.1 Å². The van der Waals surface area contributed by atoms with Crippen molar-refractivity contribution in [2.24, 2.45) is 0 Å². The molecule has 0 fully saturated rings. The van der Waals surface area contributed by atoms with E-state index in [2.05, 4.69) is 61.5 Å². The molecule has 0 saturated carbocycles. The predicted octanol–water partition coefficient (Wildman–Crippen LogP) is 5.56. The lowest BCUT2D eigenvalue weighted by Crippen LogP contribution is -1.79. The normalized spacial score (nSPS) is 11.2. The van der Waals surface area contributed by atoms with Crippen LogP contribution in [0.5, 0.6) is 0 Å². The van der Waals surface area contributed by atoms with Gasteiger partial charge in [0.15, 0.2) is 0 Å². The first-order chi connectivity index (χ1) is 9.83. The molecule has 0 aliphatic heterocycles. The molecule has 0 aliphatic carbocycles. The van der Waals surface area contributed by atoms with Gasteiger partial charge < -0.3 is 4.42 Å². The predicted molar refractivity (Wildman–Crippen MR) is 83.9 cm³/mol. The SMILES string of the molecule is Cc1ccc(-c2cccc3c2oc2ccccc23)cc1. The Kier molecular flexibility index (Phi) is 2.40. The minimum Gasteiger partial charge on any atom is -0.455 e. The monoisotopic (exact) mass is 258 g/mol. The van der Waals surface area contributed by atoms with Gasteiger partial charge in [0, 0.05) is 16.3 Å². The van der Waals surface area contributed by atoms with Crippen LogP contribution in [0.4, 0.5) is 0 Å². The zero-order valence-corrected chi connectivity index (χ0v) is 11.3. The summed E-state index contributed by atoms with van der Waals surface area (Å²) in [5, 5.41) is 2.36. The first-order valence-electron chi connectivity index (χ1n) is 6.80. The van der Waals surface area contributed by atoms with Gasteiger partial charge in [-0.1, -0.05) is 66.2 Å². The van der Waals surface area contributed by atoms with Crippen molar-refractivity contribution in [1.82, 2.24) is 0 Å². The van der Waals surface area contributed by atoms with Gasteiger partial charge in [0.1, 0.15) is 11.2 Å². The van der Waals surface area contributed by atoms with E-state index < -0.39 is 0 Å². The van der Waals surface area contributed by atoms with Gasteiger partial charge in [-0.3, -0.25) is 0 Å². The van der Waals surface area contributed by atoms with Gasteiger partial charge in [-0.05, 0) is 18.6 Å². The van der Waals surface area contributed by atoms with E-state index in [0.29, 0.717) is 0 Å². The summed E-state index contributed by atoms with van der Waals surface area (Å²) in [5.41, 5.74) is 5.53. The van der Waals surface area contributed by atoms with E-state index in [0.717, 1.165) is 16.7 Å². The topological polar surface area (TPSA) is 13.1 Å². The Morgan fingerprint density at radius 3 is 2.30 bits per heavy atom. The minimum atomic E-state index is 0.946. The van der Waals surface area contributed by atoms with Gasteiger partial charge in [-0.25, -0.2) is 0 Å². The summed E-state index contributed by atoms with van der Waals surface area (Å²) in [7, 11) is 0. The van der Waals surface area contributed by atoms with Gasteiger partial charge in [-0.15, -0.1) is 0 Å². The third-order valence-electron chi connectivity index (χ3n) is 3.77. The number of hydrogen-bond donors (Lipinski definition) is 0. The second-order valence-corrected chi connectivity index (χ2v) is 5.15. The highest BCUT2D eigenvalue weighted by Crippen LogP contribution is 2.35. The summed E-state index contributed by atoms with van der Waals surface area (Å²) in [5.74, 6) is 0. The Balaban J connectivity index is 2.07. The van der Waals surface area contributed by atoms with Crippen LogP contribution in [0.1, 0.15) is 5.56 Å². The van der Waals surface area contributed by atoms with Crippen molar-refractivity contribution in [1.29, 1.82) is 0 Å². The summed E-state index contributed by atoms with van der Waals surface area (Å²) < 4.78 is 6.07. The molecule has 1 heteroatoms. The highest BCUT2D eigenvalue weighted by atomic mass is 16.3. The Hall–Kier alpha value is -2.54. The second-order valence-electron chi connectivity index (χ2n) is 5.15. The van der Waals surface area contributed by atoms with E-state index in [1.165, 1.54) is 21.9 Å². The lowest BCUT2D eigenvalue weighted by Gasteiger charge is -2.03. The smallest absolute Gasteiger partial charge is 0.143 e. The van der Waals surface area contributed by atoms with Crippen LogP contribution in [0.2, 0.25) is 0 Å². The summed E-state index contributed by atoms with van der Waals surface area (Å²) in [6.07, 6.45) is 0. The maximum Gasteiger partial charge on any atom is 0.143 e. The lowest BCUT2D eigenvalue weighted by molar-refractivity contribution is 0.670. The van der Waals surface area contributed by atoms with Crippen LogP contribution in [0.3, 0.4) is 0 Å². The zero-order valence-electron chi connectivity index (χ0n) is 11.3. The maximum atomic E-state index is 6.07. The van der Waals surface area contributed by atoms with Crippen LogP contribution < -0.4 is 0 Å². The first-order valence-corrected chi connectivity index (χ1v) is 6.80. The van der Waals surface area contributed by atoms with Crippen molar-refractivity contribution in [2.75, 3.05) is 0 Å². The fourth-order valence-corrected chi connectivity index (χ4v) is 2.71. The van der Waals surface area contributed by atoms with E-state index in [1.807, 2.05) is 12.1 Å². The first kappa shape index (κ1) is 11.3. The van der Waals surface area contributed by atoms with Crippen molar-refractivity contribution in [2.45, 2.75) is 6.92 Å². The van der Waals surface area contributed by atoms with Crippen LogP contribution in [0.25, 0.3) is 33.1 Å². The summed E-state index contributed by atoms with van der Waals surface area (Å²) >= 11 is 0. The number of rotatable bonds is 1. The Labute approximate surface area is 117 Å². The minimum absolute atomic E-state index is 0.946. The molecule has 0 saturated heterocycles. The molecule has 4 aromatic rings. The van der Waals surface area contributed by atoms with Crippen molar-refractivity contribution in [3.63, 3.8) is 0 Å². The number of hydrogen-bond acceptors (Lipinski definition) is 1. The highest BCUT2D eigenvalue weighted by Gasteiger charge is 2.11. The molecule has 0 spiro atoms. The van der Waals surface area contributed by atoms with Gasteiger partial charge in [0.05, 0.1) is 0 Å². The standard InChI is InChI=1S/C19H14O/c1-13-9-11-14(12-10-13)15-6-4-7-17-16-5-2-3-8-18(16)20-19(15)17/h2-12H,1H3. The average Bonchev–Trinajstić information content (AvgIpc) is 2.87. The van der Waals surface area contributed by atoms with Crippen LogP contribution in [-0.2, 0) is 0 Å². The second kappa shape index (κ2) is 4.24. The van der Waals surface area contributed by atoms with Gasteiger partial charge in [0.2, 0.25) is 0 Å². The third-order valence-corrected chi connectivity index (χ3v) is 3.77. The number of aryl methyl sites for hydroxylation is 1. The zero-order chi connectivity index (χ0) is 13.5. The molecule has 0 radical (unpaired) electrons. The van der Waals surface area contributed by atoms with Gasteiger partial charge in [0.25, 0.3) is 0 Å². The molecule has 0 unspecified atom stereocenters. The average molecular weight is 258 g/mol. The quantitative estimate of drug-likeness (QED) is 0.435. The van der Waals surface area contributed by atoms with Gasteiger partial charge in [-0.2, -0.15) is 0 Å². The molecular formula is C19H14O. The molecule has 1 nitrogen and oxygen atoms in total. The summed E-state index contributed by atoms with van der Waals surface area (Å²) in [4.78, 5) is 0. The lowest BCUT2D eigenvalue weighted by atomic mass is 10.0. The number of fused-ring (bicyclic) bond motifs is 3. The van der Waals surface area contributed by atoms with Crippen LogP contribution in [0, 0.1) is 6.92 Å². The molecule has 3 aromatic carbocycles. The Bertz CT molecular complexity index is 898. The molecule has 0 aliphatic rings. The fourth-order valence-electron chi connectivity index (χ4n) is 2.71. The van der Waals surface area contributed by atoms with E-state index >= 15 is 0 Å². The van der Waals surface area contributed by atoms with Crippen LogP contribution in [-0.4, -0.2) is 0 Å². The molecule has 0 atom stereocenters. The Morgan fingerprint density at radius 2 is 1.45 bits per heavy atom. The molecule has 1 aromatic heterocycles. The van der Waals surface area contributed by atoms with Crippen molar-refractivity contribution in [3.8, 4) is 11.1 Å². The van der Waals surface area contributed by atoms with E-state index in [4.69, 9.17) is 4.42 Å². The number of benzene rings is 3. The molecule has 4 rings (SSSR count). The molecule has 0 bridgehead atoms. The third kappa shape index (κ3) is 1.64. The molecule has 96 valence electrons. The molecule has 0 amide bonds. The fraction of sp³-hybridized carbons (Fsp3) is 0.0526. The number of furan rings is 1. The van der Waals surface area contributed by atoms with Crippen LogP contribution >= 0.6 is 0 Å². The number of para-hydroxylation sites is 2. The largest absolute Gasteiger partial charge is 0.455 e. The van der Waals surface area contributed by atoms with Crippen molar-refractivity contribution < 1.29 is 4.42 Å². The molecule has 1 heterocycles. The summed E-state index contributed by atoms with van der Waals surface area (Å²) in [6, 6.07) is 23.1. The maximum absolute atomic E-state index is 6.07. The van der Waals surface area contributed by atoms with E-state index in [9.17, 15) is 0 Å². The molecule has 20 heavy (non-hydrogen) atoms. The highest BCUT2D eigenvalue weighted by molar-refractivity contribution is 6.09. The van der Waals surface area contributed by atoms with E-state index in [-0.39, 0.29) is 0 Å². The van der Waals surface area contributed by atoms with Crippen molar-refractivity contribution >= 4 is 21.9 Å². The van der Waals surface area contributed by atoms with Gasteiger partial charge >= 0.3 is 0 Å². The molecule has 0 N–H and O–H groups in total. The van der Waals surface area contributed by atoms with E-state index in [1.54, 1.807) is 0 Å². The molecular weight excluding hydrogens is 244 g/mol. The van der Waals surface area contributed by atoms with Crippen molar-refractivity contribution in [3.05, 3.63) is 72.3 Å². The Morgan fingerprint density at radius 1 is 0.700 bits per heavy atom.